The molecule has 5 heteroatoms. The molecule has 124 valence electrons. The van der Waals surface area contributed by atoms with Crippen molar-refractivity contribution in [2.75, 3.05) is 33.0 Å². The van der Waals surface area contributed by atoms with Gasteiger partial charge in [-0.3, -0.25) is 0 Å². The Hall–Kier alpha value is -0.810. The Kier molecular flexibility index (Phi) is 11.2. The maximum Gasteiger partial charge on any atom is 0.315 e. The summed E-state index contributed by atoms with van der Waals surface area (Å²) in [5.41, 5.74) is 0. The molecule has 0 bridgehead atoms. The lowest BCUT2D eigenvalue weighted by molar-refractivity contribution is 0.0513. The number of carbonyl (C=O) groups excluding carboxylic acids is 1. The van der Waals surface area contributed by atoms with E-state index in [9.17, 15) is 4.79 Å². The SMILES string of the molecule is CCOCCOCCCCCNC(=O)NC1CCCCC1. The first kappa shape index (κ1) is 18.2. The molecular formula is C16H32N2O3. The highest BCUT2D eigenvalue weighted by molar-refractivity contribution is 5.74. The van der Waals surface area contributed by atoms with Crippen molar-refractivity contribution in [2.45, 2.75) is 64.3 Å². The third-order valence-corrected chi connectivity index (χ3v) is 3.77. The number of amides is 2. The Labute approximate surface area is 129 Å². The number of nitrogens with one attached hydrogen (secondary N) is 2. The number of ether oxygens (including phenoxy) is 2. The molecule has 1 aliphatic rings. The maximum atomic E-state index is 11.7. The van der Waals surface area contributed by atoms with E-state index < -0.39 is 0 Å². The van der Waals surface area contributed by atoms with E-state index in [0.29, 0.717) is 19.3 Å². The van der Waals surface area contributed by atoms with E-state index in [4.69, 9.17) is 9.47 Å². The second-order valence-electron chi connectivity index (χ2n) is 5.61. The van der Waals surface area contributed by atoms with Gasteiger partial charge in [-0.05, 0) is 39.0 Å². The van der Waals surface area contributed by atoms with Crippen LogP contribution in [-0.2, 0) is 9.47 Å². The van der Waals surface area contributed by atoms with Crippen LogP contribution in [0.15, 0.2) is 0 Å². The minimum atomic E-state index is -0.00476. The summed E-state index contributed by atoms with van der Waals surface area (Å²) in [6.07, 6.45) is 9.19. The van der Waals surface area contributed by atoms with Crippen molar-refractivity contribution in [1.29, 1.82) is 0 Å². The molecule has 0 saturated heterocycles. The molecule has 0 spiro atoms. The van der Waals surface area contributed by atoms with Crippen LogP contribution in [0.3, 0.4) is 0 Å². The van der Waals surface area contributed by atoms with Crippen LogP contribution >= 0.6 is 0 Å². The Balaban J connectivity index is 1.81. The van der Waals surface area contributed by atoms with E-state index in [1.54, 1.807) is 0 Å². The van der Waals surface area contributed by atoms with Crippen molar-refractivity contribution in [3.05, 3.63) is 0 Å². The van der Waals surface area contributed by atoms with Crippen molar-refractivity contribution in [1.82, 2.24) is 10.6 Å². The van der Waals surface area contributed by atoms with Crippen LogP contribution in [0, 0.1) is 0 Å². The highest BCUT2D eigenvalue weighted by atomic mass is 16.5. The highest BCUT2D eigenvalue weighted by Crippen LogP contribution is 2.17. The van der Waals surface area contributed by atoms with E-state index in [0.717, 1.165) is 51.9 Å². The summed E-state index contributed by atoms with van der Waals surface area (Å²) >= 11 is 0. The first-order valence-corrected chi connectivity index (χ1v) is 8.52. The number of unbranched alkanes of at least 4 members (excludes halogenated alkanes) is 2. The van der Waals surface area contributed by atoms with Gasteiger partial charge in [0.15, 0.2) is 0 Å². The molecule has 0 heterocycles. The van der Waals surface area contributed by atoms with E-state index >= 15 is 0 Å². The number of carbonyl (C=O) groups is 1. The van der Waals surface area contributed by atoms with Gasteiger partial charge in [0.05, 0.1) is 13.2 Å². The second-order valence-corrected chi connectivity index (χ2v) is 5.61. The molecular weight excluding hydrogens is 268 g/mol. The van der Waals surface area contributed by atoms with E-state index in [2.05, 4.69) is 10.6 Å². The van der Waals surface area contributed by atoms with Gasteiger partial charge < -0.3 is 20.1 Å². The quantitative estimate of drug-likeness (QED) is 0.577. The monoisotopic (exact) mass is 300 g/mol. The van der Waals surface area contributed by atoms with Gasteiger partial charge >= 0.3 is 6.03 Å². The van der Waals surface area contributed by atoms with Gasteiger partial charge in [-0.25, -0.2) is 4.79 Å². The summed E-state index contributed by atoms with van der Waals surface area (Å²) in [5, 5.41) is 6.00. The molecule has 0 aromatic carbocycles. The molecule has 0 radical (unpaired) electrons. The lowest BCUT2D eigenvalue weighted by atomic mass is 9.96. The Morgan fingerprint density at radius 1 is 1.00 bits per heavy atom. The van der Waals surface area contributed by atoms with Crippen LogP contribution in [0.25, 0.3) is 0 Å². The average molecular weight is 300 g/mol. The summed E-state index contributed by atoms with van der Waals surface area (Å²) < 4.78 is 10.6. The van der Waals surface area contributed by atoms with Crippen LogP contribution in [0.4, 0.5) is 4.79 Å². The smallest absolute Gasteiger partial charge is 0.315 e. The third-order valence-electron chi connectivity index (χ3n) is 3.77. The zero-order valence-electron chi connectivity index (χ0n) is 13.5. The zero-order chi connectivity index (χ0) is 15.2. The molecule has 0 aromatic heterocycles. The van der Waals surface area contributed by atoms with Crippen LogP contribution < -0.4 is 10.6 Å². The summed E-state index contributed by atoms with van der Waals surface area (Å²) in [5.74, 6) is 0. The number of hydrogen-bond donors (Lipinski definition) is 2. The van der Waals surface area contributed by atoms with Gasteiger partial charge in [-0.15, -0.1) is 0 Å². The van der Waals surface area contributed by atoms with Gasteiger partial charge in [-0.1, -0.05) is 19.3 Å². The largest absolute Gasteiger partial charge is 0.379 e. The molecule has 21 heavy (non-hydrogen) atoms. The van der Waals surface area contributed by atoms with Crippen molar-refractivity contribution < 1.29 is 14.3 Å². The van der Waals surface area contributed by atoms with E-state index in [-0.39, 0.29) is 6.03 Å². The fourth-order valence-electron chi connectivity index (χ4n) is 2.56. The van der Waals surface area contributed by atoms with Crippen molar-refractivity contribution >= 4 is 6.03 Å². The lowest BCUT2D eigenvalue weighted by Crippen LogP contribution is -2.43. The van der Waals surface area contributed by atoms with Crippen molar-refractivity contribution in [3.8, 4) is 0 Å². The van der Waals surface area contributed by atoms with Crippen molar-refractivity contribution in [2.24, 2.45) is 0 Å². The lowest BCUT2D eigenvalue weighted by Gasteiger charge is -2.22. The van der Waals surface area contributed by atoms with Crippen LogP contribution in [-0.4, -0.2) is 45.0 Å². The summed E-state index contributed by atoms with van der Waals surface area (Å²) in [6.45, 7) is 5.61. The molecule has 2 N–H and O–H groups in total. The molecule has 0 aromatic rings. The molecule has 1 fully saturated rings. The average Bonchev–Trinajstić information content (AvgIpc) is 2.50. The van der Waals surface area contributed by atoms with Crippen LogP contribution in [0.2, 0.25) is 0 Å². The summed E-state index contributed by atoms with van der Waals surface area (Å²) in [6, 6.07) is 0.382. The highest BCUT2D eigenvalue weighted by Gasteiger charge is 2.14. The van der Waals surface area contributed by atoms with E-state index in [1.807, 2.05) is 6.92 Å². The minimum Gasteiger partial charge on any atom is -0.379 e. The first-order valence-electron chi connectivity index (χ1n) is 8.52. The third kappa shape index (κ3) is 10.5. The topological polar surface area (TPSA) is 59.6 Å². The Morgan fingerprint density at radius 3 is 2.52 bits per heavy atom. The van der Waals surface area contributed by atoms with Crippen LogP contribution in [0.1, 0.15) is 58.3 Å². The molecule has 1 saturated carbocycles. The molecule has 0 unspecified atom stereocenters. The molecule has 1 aliphatic carbocycles. The number of rotatable bonds is 11. The molecule has 0 atom stereocenters. The van der Waals surface area contributed by atoms with Gasteiger partial charge in [-0.2, -0.15) is 0 Å². The van der Waals surface area contributed by atoms with Crippen molar-refractivity contribution in [3.63, 3.8) is 0 Å². The maximum absolute atomic E-state index is 11.7. The Bertz CT molecular complexity index is 256. The van der Waals surface area contributed by atoms with Gasteiger partial charge in [0.1, 0.15) is 0 Å². The fourth-order valence-corrected chi connectivity index (χ4v) is 2.56. The van der Waals surface area contributed by atoms with Gasteiger partial charge in [0, 0.05) is 25.8 Å². The minimum absolute atomic E-state index is 0.00476. The molecule has 2 amide bonds. The second kappa shape index (κ2) is 12.9. The fraction of sp³-hybridized carbons (Fsp3) is 0.938. The number of hydrogen-bond acceptors (Lipinski definition) is 3. The molecule has 1 rings (SSSR count). The standard InChI is InChI=1S/C16H32N2O3/c1-2-20-13-14-21-12-8-4-7-11-17-16(19)18-15-9-5-3-6-10-15/h15H,2-14H2,1H3,(H2,17,18,19). The normalized spacial score (nSPS) is 15.9. The predicted molar refractivity (Wildman–Crippen MR) is 84.6 cm³/mol. The van der Waals surface area contributed by atoms with Gasteiger partial charge in [0.25, 0.3) is 0 Å². The van der Waals surface area contributed by atoms with Gasteiger partial charge in [0.2, 0.25) is 0 Å². The van der Waals surface area contributed by atoms with E-state index in [1.165, 1.54) is 19.3 Å². The zero-order valence-corrected chi connectivity index (χ0v) is 13.5. The Morgan fingerprint density at radius 2 is 1.76 bits per heavy atom. The predicted octanol–water partition coefficient (Wildman–Crippen LogP) is 2.84. The number of urea groups is 1. The molecule has 0 aliphatic heterocycles. The van der Waals surface area contributed by atoms with Crippen LogP contribution in [0.5, 0.6) is 0 Å². The first-order chi connectivity index (χ1) is 10.3. The molecule has 5 nitrogen and oxygen atoms in total. The summed E-state index contributed by atoms with van der Waals surface area (Å²) in [4.78, 5) is 11.7. The summed E-state index contributed by atoms with van der Waals surface area (Å²) in [7, 11) is 0.